The minimum atomic E-state index is -0.826. The number of phenols is 1. The van der Waals surface area contributed by atoms with Gasteiger partial charge in [0.1, 0.15) is 5.82 Å². The van der Waals surface area contributed by atoms with Crippen LogP contribution in [-0.4, -0.2) is 36.3 Å². The van der Waals surface area contributed by atoms with Gasteiger partial charge in [-0.25, -0.2) is 4.39 Å². The van der Waals surface area contributed by atoms with Crippen LogP contribution in [0, 0.1) is 11.6 Å². The summed E-state index contributed by atoms with van der Waals surface area (Å²) in [6, 6.07) is 19.4. The monoisotopic (exact) mass is 549 g/mol. The van der Waals surface area contributed by atoms with Crippen molar-refractivity contribution in [2.75, 3.05) is 0 Å². The fourth-order valence-corrected chi connectivity index (χ4v) is 5.09. The van der Waals surface area contributed by atoms with Crippen molar-refractivity contribution in [3.63, 3.8) is 0 Å². The van der Waals surface area contributed by atoms with Crippen LogP contribution in [0.15, 0.2) is 85.1 Å². The van der Waals surface area contributed by atoms with Crippen LogP contribution >= 0.6 is 0 Å². The molecule has 1 amide bonds. The summed E-state index contributed by atoms with van der Waals surface area (Å²) >= 11 is -0.826. The van der Waals surface area contributed by atoms with E-state index in [4.69, 9.17) is 4.74 Å². The molecule has 4 rings (SSSR count). The molecule has 0 spiro atoms. The third kappa shape index (κ3) is 6.55. The summed E-state index contributed by atoms with van der Waals surface area (Å²) in [4.78, 5) is 29.2. The van der Waals surface area contributed by atoms with Gasteiger partial charge >= 0.3 is 178 Å². The number of aromatic nitrogens is 1. The number of aromatic hydroxyl groups is 1. The van der Waals surface area contributed by atoms with Crippen molar-refractivity contribution in [1.29, 1.82) is 0 Å². The fraction of sp³-hybridized carbons (Fsp3) is 0.0741. The Morgan fingerprint density at radius 3 is 2.33 bits per heavy atom. The van der Waals surface area contributed by atoms with Crippen molar-refractivity contribution in [3.05, 3.63) is 119 Å². The number of carbonyl (C=O) groups excluding carboxylic acids is 2. The van der Waals surface area contributed by atoms with E-state index in [-0.39, 0.29) is 39.8 Å². The van der Waals surface area contributed by atoms with Gasteiger partial charge in [-0.3, -0.25) is 0 Å². The van der Waals surface area contributed by atoms with Gasteiger partial charge in [-0.2, -0.15) is 0 Å². The Labute approximate surface area is 212 Å². The predicted octanol–water partition coefficient (Wildman–Crippen LogP) is 4.83. The molecule has 6 nitrogen and oxygen atoms in total. The van der Waals surface area contributed by atoms with E-state index < -0.39 is 27.4 Å². The van der Waals surface area contributed by atoms with Gasteiger partial charge in [0.2, 0.25) is 0 Å². The number of hydrogen-bond donors (Lipinski definition) is 2. The number of nitrogens with zero attached hydrogens (tertiary/aromatic N) is 1. The molecule has 0 unspecified atom stereocenters. The number of pyridine rings is 1. The first kappa shape index (κ1) is 25.1. The molecule has 9 heteroatoms. The molecule has 0 atom stereocenters. The van der Waals surface area contributed by atoms with Crippen LogP contribution in [0.1, 0.15) is 31.8 Å². The third-order valence-electron chi connectivity index (χ3n) is 5.11. The van der Waals surface area contributed by atoms with E-state index in [0.29, 0.717) is 11.0 Å². The summed E-state index contributed by atoms with van der Waals surface area (Å²) in [6.07, 6.45) is 1.50. The summed E-state index contributed by atoms with van der Waals surface area (Å²) in [6.45, 7) is 0.258. The molecule has 0 fully saturated rings. The zero-order valence-corrected chi connectivity index (χ0v) is 20.7. The molecule has 181 valence electrons. The molecule has 0 aliphatic carbocycles. The molecule has 0 aliphatic heterocycles. The van der Waals surface area contributed by atoms with Crippen molar-refractivity contribution < 1.29 is 28.2 Å². The molecule has 1 heterocycles. The number of halogens is 2. The molecule has 2 N–H and O–H groups in total. The number of phenolic OH excluding ortho intramolecular Hbond substituents is 1. The third-order valence-corrected chi connectivity index (χ3v) is 7.32. The van der Waals surface area contributed by atoms with E-state index in [1.807, 2.05) is 24.3 Å². The Kier molecular flexibility index (Phi) is 8.08. The molecule has 1 radical (unpaired) electrons. The van der Waals surface area contributed by atoms with E-state index in [1.165, 1.54) is 36.5 Å². The van der Waals surface area contributed by atoms with Gasteiger partial charge in [-0.15, -0.1) is 0 Å². The van der Waals surface area contributed by atoms with Crippen molar-refractivity contribution in [3.8, 4) is 17.4 Å². The number of ether oxygens (including phenoxy) is 1. The molecule has 0 aliphatic rings. The number of carbonyl (C=O) groups is 2. The molecule has 4 aromatic rings. The van der Waals surface area contributed by atoms with Crippen molar-refractivity contribution in [1.82, 2.24) is 10.3 Å². The van der Waals surface area contributed by atoms with Gasteiger partial charge in [-0.1, -0.05) is 0 Å². The molecule has 3 aromatic carbocycles. The second kappa shape index (κ2) is 11.6. The molecule has 36 heavy (non-hydrogen) atoms. The van der Waals surface area contributed by atoms with Crippen molar-refractivity contribution >= 4 is 26.2 Å². The standard InChI is InChI=1S/C27H20AsF2N2O4/c29-19-7-10-21(11-8-19)36-27-22(2-1-13-31-27)26(35)32-16-18-5-3-17(4-6-18)15-28-25(34)23-14-20(30)9-12-24(23)33/h1-14,33H,15-16H2,(H,32,35). The maximum atomic E-state index is 13.4. The zero-order valence-electron chi connectivity index (χ0n) is 18.8. The molecule has 0 bridgehead atoms. The van der Waals surface area contributed by atoms with Gasteiger partial charge in [0.15, 0.2) is 0 Å². The average molecular weight is 549 g/mol. The second-order valence-corrected chi connectivity index (χ2v) is 9.87. The summed E-state index contributed by atoms with van der Waals surface area (Å²) < 4.78 is 31.9. The Bertz CT molecular complexity index is 1380. The van der Waals surface area contributed by atoms with Crippen LogP contribution in [0.2, 0.25) is 0 Å². The van der Waals surface area contributed by atoms with Crippen LogP contribution in [-0.2, 0) is 11.8 Å². The van der Waals surface area contributed by atoms with E-state index in [0.717, 1.165) is 23.3 Å². The van der Waals surface area contributed by atoms with Crippen LogP contribution < -0.4 is 10.1 Å². The average Bonchev–Trinajstić information content (AvgIpc) is 2.89. The summed E-state index contributed by atoms with van der Waals surface area (Å²) in [5, 5.41) is 13.1. The number of nitrogens with one attached hydrogen (secondary N) is 1. The van der Waals surface area contributed by atoms with Crippen molar-refractivity contribution in [2.45, 2.75) is 11.8 Å². The number of benzene rings is 3. The minimum absolute atomic E-state index is 0.00695. The van der Waals surface area contributed by atoms with E-state index in [9.17, 15) is 23.5 Å². The summed E-state index contributed by atoms with van der Waals surface area (Å²) in [7, 11) is 0. The van der Waals surface area contributed by atoms with Crippen LogP contribution in [0.25, 0.3) is 0 Å². The van der Waals surface area contributed by atoms with Crippen LogP contribution in [0.4, 0.5) is 8.78 Å². The number of amides is 1. The zero-order chi connectivity index (χ0) is 25.5. The second-order valence-electron chi connectivity index (χ2n) is 7.69. The summed E-state index contributed by atoms with van der Waals surface area (Å²) in [5.41, 5.74) is 2.02. The van der Waals surface area contributed by atoms with Gasteiger partial charge < -0.3 is 0 Å². The number of hydrogen-bond acceptors (Lipinski definition) is 5. The van der Waals surface area contributed by atoms with E-state index in [1.54, 1.807) is 12.1 Å². The molecule has 1 aromatic heterocycles. The molecule has 0 saturated heterocycles. The van der Waals surface area contributed by atoms with Crippen molar-refractivity contribution in [2.24, 2.45) is 0 Å². The molecule has 0 saturated carbocycles. The van der Waals surface area contributed by atoms with Gasteiger partial charge in [0.05, 0.1) is 0 Å². The first-order chi connectivity index (χ1) is 17.4. The topological polar surface area (TPSA) is 88.5 Å². The van der Waals surface area contributed by atoms with Gasteiger partial charge in [0.25, 0.3) is 0 Å². The first-order valence-corrected chi connectivity index (χ1v) is 13.1. The quantitative estimate of drug-likeness (QED) is 0.292. The van der Waals surface area contributed by atoms with Crippen LogP contribution in [0.3, 0.4) is 0 Å². The SMILES string of the molecule is O=C([As]Cc1ccc(CNC(=O)c2cccnc2Oc2ccc(F)cc2)cc1)c1cc(F)ccc1O. The van der Waals surface area contributed by atoms with E-state index >= 15 is 0 Å². The first-order valence-electron chi connectivity index (χ1n) is 10.8. The Balaban J connectivity index is 1.32. The van der Waals surface area contributed by atoms with Crippen LogP contribution in [0.5, 0.6) is 17.4 Å². The Hall–Kier alpha value is -4.03. The van der Waals surface area contributed by atoms with Gasteiger partial charge in [-0.05, 0) is 24.3 Å². The normalized spacial score (nSPS) is 10.9. The Morgan fingerprint density at radius 2 is 1.58 bits per heavy atom. The Morgan fingerprint density at radius 1 is 0.889 bits per heavy atom. The molecular weight excluding hydrogens is 529 g/mol. The van der Waals surface area contributed by atoms with E-state index in [2.05, 4.69) is 10.3 Å². The fourth-order valence-electron chi connectivity index (χ4n) is 3.23. The summed E-state index contributed by atoms with van der Waals surface area (Å²) in [5.74, 6) is -1.10. The van der Waals surface area contributed by atoms with Gasteiger partial charge in [0, 0.05) is 0 Å². The predicted molar refractivity (Wildman–Crippen MR) is 130 cm³/mol. The molecular formula is C27H20AsF2N2O4. The maximum absolute atomic E-state index is 13.4. The number of rotatable bonds is 9.